The van der Waals surface area contributed by atoms with E-state index in [1.54, 1.807) is 6.08 Å². The predicted molar refractivity (Wildman–Crippen MR) is 51.8 cm³/mol. The highest BCUT2D eigenvalue weighted by Gasteiger charge is 2.28. The van der Waals surface area contributed by atoms with Crippen molar-refractivity contribution < 1.29 is 9.18 Å². The van der Waals surface area contributed by atoms with Gasteiger partial charge in [0.25, 0.3) is 0 Å². The van der Waals surface area contributed by atoms with Crippen LogP contribution in [0, 0.1) is 0 Å². The van der Waals surface area contributed by atoms with Crippen LogP contribution < -0.4 is 10.6 Å². The van der Waals surface area contributed by atoms with Crippen LogP contribution in [0.1, 0.15) is 6.42 Å². The lowest BCUT2D eigenvalue weighted by atomic mass is 10.2. The fourth-order valence-corrected chi connectivity index (χ4v) is 1.19. The lowest BCUT2D eigenvalue weighted by Crippen LogP contribution is -2.40. The molecular formula is C8H14ClFN2O. The molecule has 1 aliphatic rings. The Balaban J connectivity index is 0.00000144. The van der Waals surface area contributed by atoms with Crippen molar-refractivity contribution >= 4 is 18.3 Å². The summed E-state index contributed by atoms with van der Waals surface area (Å²) in [6.45, 7) is 4.19. The van der Waals surface area contributed by atoms with E-state index in [0.717, 1.165) is 0 Å². The summed E-state index contributed by atoms with van der Waals surface area (Å²) in [5, 5.41) is 5.40. The second kappa shape index (κ2) is 5.94. The van der Waals surface area contributed by atoms with Gasteiger partial charge < -0.3 is 10.6 Å². The SMILES string of the molecule is C=CCNC(=O)[C@H]1C[C@H](F)CN1.Cl. The number of carbonyl (C=O) groups is 1. The fraction of sp³-hybridized carbons (Fsp3) is 0.625. The Morgan fingerprint density at radius 3 is 2.92 bits per heavy atom. The topological polar surface area (TPSA) is 41.1 Å². The average Bonchev–Trinajstić information content (AvgIpc) is 2.47. The van der Waals surface area contributed by atoms with Crippen molar-refractivity contribution in [2.24, 2.45) is 0 Å². The predicted octanol–water partition coefficient (Wildman–Crippen LogP) is 0.410. The maximum Gasteiger partial charge on any atom is 0.237 e. The van der Waals surface area contributed by atoms with Crippen LogP contribution in [-0.2, 0) is 4.79 Å². The summed E-state index contributed by atoms with van der Waals surface area (Å²) in [4.78, 5) is 11.2. The van der Waals surface area contributed by atoms with E-state index in [9.17, 15) is 9.18 Å². The van der Waals surface area contributed by atoms with Crippen LogP contribution in [-0.4, -0.2) is 31.2 Å². The van der Waals surface area contributed by atoms with Crippen molar-refractivity contribution in [3.8, 4) is 0 Å². The molecule has 3 nitrogen and oxygen atoms in total. The van der Waals surface area contributed by atoms with E-state index >= 15 is 0 Å². The number of amides is 1. The number of hydrogen-bond donors (Lipinski definition) is 2. The first-order valence-corrected chi connectivity index (χ1v) is 4.00. The molecule has 1 fully saturated rings. The van der Waals surface area contributed by atoms with Gasteiger partial charge in [0.1, 0.15) is 6.17 Å². The van der Waals surface area contributed by atoms with Crippen molar-refractivity contribution in [1.82, 2.24) is 10.6 Å². The monoisotopic (exact) mass is 208 g/mol. The van der Waals surface area contributed by atoms with E-state index in [1.807, 2.05) is 0 Å². The van der Waals surface area contributed by atoms with E-state index in [4.69, 9.17) is 0 Å². The normalized spacial score (nSPS) is 26.2. The molecule has 76 valence electrons. The van der Waals surface area contributed by atoms with Gasteiger partial charge >= 0.3 is 0 Å². The van der Waals surface area contributed by atoms with Gasteiger partial charge in [0, 0.05) is 19.5 Å². The van der Waals surface area contributed by atoms with E-state index in [1.165, 1.54) is 0 Å². The van der Waals surface area contributed by atoms with Gasteiger partial charge in [0.15, 0.2) is 0 Å². The Morgan fingerprint density at radius 1 is 1.77 bits per heavy atom. The Labute approximate surface area is 83.2 Å². The molecule has 1 heterocycles. The molecule has 0 aromatic carbocycles. The van der Waals surface area contributed by atoms with Crippen molar-refractivity contribution in [2.75, 3.05) is 13.1 Å². The number of hydrogen-bond acceptors (Lipinski definition) is 2. The van der Waals surface area contributed by atoms with Gasteiger partial charge in [-0.1, -0.05) is 6.08 Å². The lowest BCUT2D eigenvalue weighted by molar-refractivity contribution is -0.122. The minimum atomic E-state index is -0.885. The van der Waals surface area contributed by atoms with Gasteiger partial charge in [-0.15, -0.1) is 19.0 Å². The third-order valence-electron chi connectivity index (χ3n) is 1.81. The van der Waals surface area contributed by atoms with Crippen LogP contribution in [0.4, 0.5) is 4.39 Å². The molecule has 1 rings (SSSR count). The third kappa shape index (κ3) is 3.74. The fourth-order valence-electron chi connectivity index (χ4n) is 1.19. The Morgan fingerprint density at radius 2 is 2.46 bits per heavy atom. The zero-order valence-corrected chi connectivity index (χ0v) is 8.07. The minimum Gasteiger partial charge on any atom is -0.351 e. The summed E-state index contributed by atoms with van der Waals surface area (Å²) >= 11 is 0. The van der Waals surface area contributed by atoms with E-state index in [-0.39, 0.29) is 37.3 Å². The highest BCUT2D eigenvalue weighted by atomic mass is 35.5. The molecule has 1 saturated heterocycles. The Hall–Kier alpha value is -0.610. The Bertz CT molecular complexity index is 189. The molecule has 0 radical (unpaired) electrons. The molecule has 2 N–H and O–H groups in total. The quantitative estimate of drug-likeness (QED) is 0.660. The van der Waals surface area contributed by atoms with Gasteiger partial charge in [-0.3, -0.25) is 4.79 Å². The largest absolute Gasteiger partial charge is 0.351 e. The van der Waals surface area contributed by atoms with E-state index < -0.39 is 6.17 Å². The van der Waals surface area contributed by atoms with Crippen molar-refractivity contribution in [2.45, 2.75) is 18.6 Å². The number of rotatable bonds is 3. The average molecular weight is 209 g/mol. The maximum absolute atomic E-state index is 12.6. The standard InChI is InChI=1S/C8H13FN2O.ClH/c1-2-3-10-8(12)7-4-6(9)5-11-7;/h2,6-7,11H,1,3-5H2,(H,10,12);1H/t6-,7+;/m0./s1. The smallest absolute Gasteiger partial charge is 0.237 e. The van der Waals surface area contributed by atoms with Crippen molar-refractivity contribution in [3.05, 3.63) is 12.7 Å². The number of carbonyl (C=O) groups excluding carboxylic acids is 1. The van der Waals surface area contributed by atoms with Gasteiger partial charge in [0.2, 0.25) is 5.91 Å². The number of halogens is 2. The van der Waals surface area contributed by atoms with Crippen LogP contribution in [0.15, 0.2) is 12.7 Å². The van der Waals surface area contributed by atoms with E-state index in [2.05, 4.69) is 17.2 Å². The first-order chi connectivity index (χ1) is 5.74. The molecule has 0 bridgehead atoms. The first kappa shape index (κ1) is 12.4. The Kier molecular flexibility index (Phi) is 5.66. The molecule has 5 heteroatoms. The molecule has 1 amide bonds. The zero-order chi connectivity index (χ0) is 8.97. The lowest BCUT2D eigenvalue weighted by Gasteiger charge is -2.08. The maximum atomic E-state index is 12.6. The molecular weight excluding hydrogens is 195 g/mol. The molecule has 13 heavy (non-hydrogen) atoms. The summed E-state index contributed by atoms with van der Waals surface area (Å²) < 4.78 is 12.6. The van der Waals surface area contributed by atoms with Gasteiger partial charge in [-0.05, 0) is 0 Å². The van der Waals surface area contributed by atoms with Gasteiger partial charge in [-0.25, -0.2) is 4.39 Å². The molecule has 2 atom stereocenters. The van der Waals surface area contributed by atoms with Crippen LogP contribution >= 0.6 is 12.4 Å². The second-order valence-corrected chi connectivity index (χ2v) is 2.83. The molecule has 0 unspecified atom stereocenters. The third-order valence-corrected chi connectivity index (χ3v) is 1.81. The summed E-state index contributed by atoms with van der Waals surface area (Å²) in [6.07, 6.45) is 0.993. The summed E-state index contributed by atoms with van der Waals surface area (Å²) in [5.74, 6) is -0.143. The van der Waals surface area contributed by atoms with Crippen molar-refractivity contribution in [3.63, 3.8) is 0 Å². The summed E-state index contributed by atoms with van der Waals surface area (Å²) in [7, 11) is 0. The molecule has 0 aliphatic carbocycles. The second-order valence-electron chi connectivity index (χ2n) is 2.83. The van der Waals surface area contributed by atoms with Crippen molar-refractivity contribution in [1.29, 1.82) is 0 Å². The number of nitrogens with one attached hydrogen (secondary N) is 2. The highest BCUT2D eigenvalue weighted by molar-refractivity contribution is 5.85. The highest BCUT2D eigenvalue weighted by Crippen LogP contribution is 2.09. The molecule has 0 aromatic rings. The van der Waals surface area contributed by atoms with Gasteiger partial charge in [0.05, 0.1) is 6.04 Å². The first-order valence-electron chi connectivity index (χ1n) is 4.00. The zero-order valence-electron chi connectivity index (χ0n) is 7.25. The number of alkyl halides is 1. The molecule has 1 aliphatic heterocycles. The van der Waals surface area contributed by atoms with Crippen LogP contribution in [0.25, 0.3) is 0 Å². The van der Waals surface area contributed by atoms with E-state index in [0.29, 0.717) is 6.54 Å². The molecule has 0 aromatic heterocycles. The molecule has 0 spiro atoms. The van der Waals surface area contributed by atoms with Gasteiger partial charge in [-0.2, -0.15) is 0 Å². The minimum absolute atomic E-state index is 0. The molecule has 0 saturated carbocycles. The summed E-state index contributed by atoms with van der Waals surface area (Å²) in [5.41, 5.74) is 0. The van der Waals surface area contributed by atoms with Crippen LogP contribution in [0.2, 0.25) is 0 Å². The van der Waals surface area contributed by atoms with Crippen LogP contribution in [0.5, 0.6) is 0 Å². The van der Waals surface area contributed by atoms with Crippen LogP contribution in [0.3, 0.4) is 0 Å². The summed E-state index contributed by atoms with van der Waals surface area (Å²) in [6, 6.07) is -0.361.